The molecule has 0 radical (unpaired) electrons. The van der Waals surface area contributed by atoms with Crippen molar-refractivity contribution in [2.24, 2.45) is 11.5 Å². The normalized spacial score (nSPS) is 12.6. The second-order valence-corrected chi connectivity index (χ2v) is 2.98. The van der Waals surface area contributed by atoms with Gasteiger partial charge >= 0.3 is 5.97 Å². The van der Waals surface area contributed by atoms with E-state index in [4.69, 9.17) is 16.6 Å². The zero-order valence-electron chi connectivity index (χ0n) is 8.06. The quantitative estimate of drug-likeness (QED) is 0.361. The Hall–Kier alpha value is -1.18. The molecular weight excluding hydrogens is 188 g/mol. The zero-order chi connectivity index (χ0) is 11.1. The third kappa shape index (κ3) is 6.35. The number of nitrogens with one attached hydrogen (secondary N) is 1. The lowest BCUT2D eigenvalue weighted by molar-refractivity contribution is -0.139. The van der Waals surface area contributed by atoms with Gasteiger partial charge in [0.15, 0.2) is 0 Å². The summed E-state index contributed by atoms with van der Waals surface area (Å²) in [5.41, 5.74) is 13.0. The van der Waals surface area contributed by atoms with Crippen LogP contribution in [0.3, 0.4) is 0 Å². The molecule has 7 heteroatoms. The first-order chi connectivity index (χ1) is 6.45. The minimum atomic E-state index is -1.02. The minimum Gasteiger partial charge on any atom is -0.480 e. The summed E-state index contributed by atoms with van der Waals surface area (Å²) in [5, 5.41) is 9.56. The first-order valence-electron chi connectivity index (χ1n) is 4.13. The Balaban J connectivity index is 3.76. The van der Waals surface area contributed by atoms with Gasteiger partial charge < -0.3 is 16.6 Å². The number of hydrogen-bond acceptors (Lipinski definition) is 5. The van der Waals surface area contributed by atoms with Crippen molar-refractivity contribution in [1.29, 1.82) is 0 Å². The molecule has 1 atom stereocenters. The van der Waals surface area contributed by atoms with Crippen molar-refractivity contribution in [2.75, 3.05) is 20.1 Å². The van der Waals surface area contributed by atoms with Crippen LogP contribution in [0.2, 0.25) is 0 Å². The molecule has 0 aromatic rings. The summed E-state index contributed by atoms with van der Waals surface area (Å²) in [4.78, 5) is 21.4. The van der Waals surface area contributed by atoms with E-state index in [2.05, 4.69) is 5.43 Å². The largest absolute Gasteiger partial charge is 0.480 e. The van der Waals surface area contributed by atoms with Crippen LogP contribution in [-0.2, 0) is 9.59 Å². The smallest absolute Gasteiger partial charge is 0.319 e. The van der Waals surface area contributed by atoms with Crippen molar-refractivity contribution < 1.29 is 14.7 Å². The molecule has 7 nitrogen and oxygen atoms in total. The number of nitrogens with two attached hydrogens (primary N) is 2. The van der Waals surface area contributed by atoms with Gasteiger partial charge in [0.2, 0.25) is 5.91 Å². The number of rotatable bonds is 6. The van der Waals surface area contributed by atoms with Crippen molar-refractivity contribution in [1.82, 2.24) is 10.4 Å². The first-order valence-corrected chi connectivity index (χ1v) is 4.13. The minimum absolute atomic E-state index is 0.0838. The van der Waals surface area contributed by atoms with E-state index in [0.29, 0.717) is 0 Å². The third-order valence-corrected chi connectivity index (χ3v) is 1.44. The number of hydrazine groups is 1. The maximum Gasteiger partial charge on any atom is 0.319 e. The summed E-state index contributed by atoms with van der Waals surface area (Å²) in [6.45, 7) is -0.0420. The van der Waals surface area contributed by atoms with Crippen LogP contribution in [-0.4, -0.2) is 48.2 Å². The maximum absolute atomic E-state index is 11.1. The molecule has 0 heterocycles. The number of amides is 1. The molecule has 0 rings (SSSR count). The average molecular weight is 204 g/mol. The van der Waals surface area contributed by atoms with Gasteiger partial charge in [0, 0.05) is 26.1 Å². The highest BCUT2D eigenvalue weighted by atomic mass is 16.4. The summed E-state index contributed by atoms with van der Waals surface area (Å²) >= 11 is 0. The standard InChI is InChI=1S/C7H16N4O3/c1-11(4-7(13)14)10-6(12)2-5(9)3-8/h5H,2-4,8-9H2,1H3,(H,10,12)(H,13,14)/t5-/m1/s1. The number of carbonyl (C=O) groups is 2. The van der Waals surface area contributed by atoms with Gasteiger partial charge in [0.1, 0.15) is 6.54 Å². The highest BCUT2D eigenvalue weighted by Crippen LogP contribution is 1.86. The van der Waals surface area contributed by atoms with E-state index in [1.807, 2.05) is 0 Å². The lowest BCUT2D eigenvalue weighted by Crippen LogP contribution is -2.45. The van der Waals surface area contributed by atoms with Crippen LogP contribution in [0.1, 0.15) is 6.42 Å². The Bertz CT molecular complexity index is 209. The molecular formula is C7H16N4O3. The summed E-state index contributed by atoms with van der Waals surface area (Å²) in [6, 6.07) is -0.395. The molecule has 0 aliphatic carbocycles. The van der Waals surface area contributed by atoms with Gasteiger partial charge in [-0.3, -0.25) is 15.0 Å². The molecule has 0 aliphatic heterocycles. The molecule has 0 aromatic heterocycles. The molecule has 14 heavy (non-hydrogen) atoms. The Labute approximate surface area is 82.0 Å². The van der Waals surface area contributed by atoms with Crippen LogP contribution in [0.25, 0.3) is 0 Å². The molecule has 0 bridgehead atoms. The molecule has 6 N–H and O–H groups in total. The number of carboxylic acids is 1. The SMILES string of the molecule is CN(CC(=O)O)NC(=O)C[C@@H](N)CN. The highest BCUT2D eigenvalue weighted by Gasteiger charge is 2.11. The number of likely N-dealkylation sites (N-methyl/N-ethyl adjacent to an activating group) is 1. The molecule has 1 amide bonds. The zero-order valence-corrected chi connectivity index (χ0v) is 8.06. The van der Waals surface area contributed by atoms with Gasteiger partial charge in [-0.05, 0) is 0 Å². The second kappa shape index (κ2) is 6.30. The molecule has 0 unspecified atom stereocenters. The van der Waals surface area contributed by atoms with E-state index in [1.54, 1.807) is 0 Å². The Kier molecular flexibility index (Phi) is 5.77. The monoisotopic (exact) mass is 204 g/mol. The average Bonchev–Trinajstić information content (AvgIpc) is 2.01. The number of nitrogens with zero attached hydrogens (tertiary/aromatic N) is 1. The fraction of sp³-hybridized carbons (Fsp3) is 0.714. The first kappa shape index (κ1) is 12.8. The predicted octanol–water partition coefficient (Wildman–Crippen LogP) is -2.29. The molecule has 0 spiro atoms. The predicted molar refractivity (Wildman–Crippen MR) is 50.1 cm³/mol. The van der Waals surface area contributed by atoms with Gasteiger partial charge in [-0.15, -0.1) is 0 Å². The summed E-state index contributed by atoms with van der Waals surface area (Å²) in [7, 11) is 1.46. The van der Waals surface area contributed by atoms with Crippen molar-refractivity contribution >= 4 is 11.9 Å². The van der Waals surface area contributed by atoms with Crippen LogP contribution in [0.15, 0.2) is 0 Å². The molecule has 82 valence electrons. The van der Waals surface area contributed by atoms with E-state index in [9.17, 15) is 9.59 Å². The van der Waals surface area contributed by atoms with Gasteiger partial charge in [0.05, 0.1) is 0 Å². The highest BCUT2D eigenvalue weighted by molar-refractivity contribution is 5.76. The molecule has 0 saturated heterocycles. The Morgan fingerprint density at radius 1 is 1.57 bits per heavy atom. The van der Waals surface area contributed by atoms with Gasteiger partial charge in [-0.2, -0.15) is 0 Å². The molecule has 0 aliphatic rings. The number of carboxylic acid groups (broad SMARTS) is 1. The van der Waals surface area contributed by atoms with Crippen LogP contribution in [0, 0.1) is 0 Å². The summed E-state index contributed by atoms with van der Waals surface area (Å²) in [5.74, 6) is -1.36. The van der Waals surface area contributed by atoms with Gasteiger partial charge in [-0.1, -0.05) is 0 Å². The van der Waals surface area contributed by atoms with Gasteiger partial charge in [-0.25, -0.2) is 5.01 Å². The van der Waals surface area contributed by atoms with Crippen LogP contribution in [0.5, 0.6) is 0 Å². The summed E-state index contributed by atoms with van der Waals surface area (Å²) in [6.07, 6.45) is 0.0838. The van der Waals surface area contributed by atoms with Crippen molar-refractivity contribution in [2.45, 2.75) is 12.5 Å². The molecule has 0 fully saturated rings. The van der Waals surface area contributed by atoms with Crippen LogP contribution >= 0.6 is 0 Å². The van der Waals surface area contributed by atoms with Crippen LogP contribution < -0.4 is 16.9 Å². The summed E-state index contributed by atoms with van der Waals surface area (Å²) < 4.78 is 0. The fourth-order valence-electron chi connectivity index (χ4n) is 0.822. The number of carbonyl (C=O) groups excluding carboxylic acids is 1. The van der Waals surface area contributed by atoms with E-state index < -0.39 is 12.0 Å². The Morgan fingerprint density at radius 3 is 2.57 bits per heavy atom. The van der Waals surface area contributed by atoms with Crippen molar-refractivity contribution in [3.05, 3.63) is 0 Å². The van der Waals surface area contributed by atoms with E-state index >= 15 is 0 Å². The number of hydrogen-bond donors (Lipinski definition) is 4. The van der Waals surface area contributed by atoms with Crippen molar-refractivity contribution in [3.8, 4) is 0 Å². The van der Waals surface area contributed by atoms with E-state index in [1.165, 1.54) is 12.1 Å². The van der Waals surface area contributed by atoms with Gasteiger partial charge in [0.25, 0.3) is 0 Å². The van der Waals surface area contributed by atoms with Crippen molar-refractivity contribution in [3.63, 3.8) is 0 Å². The fourth-order valence-corrected chi connectivity index (χ4v) is 0.822. The molecule has 0 saturated carbocycles. The lowest BCUT2D eigenvalue weighted by atomic mass is 10.2. The number of aliphatic carboxylic acids is 1. The van der Waals surface area contributed by atoms with E-state index in [-0.39, 0.29) is 25.4 Å². The van der Waals surface area contributed by atoms with Crippen LogP contribution in [0.4, 0.5) is 0 Å². The van der Waals surface area contributed by atoms with E-state index in [0.717, 1.165) is 0 Å². The lowest BCUT2D eigenvalue weighted by Gasteiger charge is -2.16. The Morgan fingerprint density at radius 2 is 2.14 bits per heavy atom. The molecule has 0 aromatic carbocycles. The topological polar surface area (TPSA) is 122 Å². The maximum atomic E-state index is 11.1. The second-order valence-electron chi connectivity index (χ2n) is 2.98. The third-order valence-electron chi connectivity index (χ3n) is 1.44.